The van der Waals surface area contributed by atoms with E-state index in [1.165, 1.54) is 12.1 Å². The van der Waals surface area contributed by atoms with Crippen LogP contribution in [0.1, 0.15) is 6.92 Å². The highest BCUT2D eigenvalue weighted by Gasteiger charge is 2.15. The van der Waals surface area contributed by atoms with Crippen LogP contribution in [0.5, 0.6) is 5.75 Å². The van der Waals surface area contributed by atoms with Crippen molar-refractivity contribution in [2.75, 3.05) is 11.9 Å². The third-order valence-corrected chi connectivity index (χ3v) is 3.03. The van der Waals surface area contributed by atoms with E-state index in [0.717, 1.165) is 22.6 Å². The van der Waals surface area contributed by atoms with Crippen molar-refractivity contribution in [3.05, 3.63) is 48.3 Å². The Morgan fingerprint density at radius 3 is 2.83 bits per heavy atom. The second kappa shape index (κ2) is 4.33. The van der Waals surface area contributed by atoms with E-state index < -0.39 is 0 Å². The highest BCUT2D eigenvalue weighted by molar-refractivity contribution is 5.72. The van der Waals surface area contributed by atoms with E-state index in [1.54, 1.807) is 6.07 Å². The molecule has 0 aliphatic carbocycles. The van der Waals surface area contributed by atoms with Gasteiger partial charge in [0.05, 0.1) is 11.7 Å². The van der Waals surface area contributed by atoms with Crippen LogP contribution in [0.25, 0.3) is 11.1 Å². The Hall–Kier alpha value is -2.03. The van der Waals surface area contributed by atoms with E-state index in [1.807, 2.05) is 24.3 Å². The van der Waals surface area contributed by atoms with Crippen molar-refractivity contribution in [1.29, 1.82) is 0 Å². The summed E-state index contributed by atoms with van der Waals surface area (Å²) in [5.41, 5.74) is 2.83. The Kier molecular flexibility index (Phi) is 2.67. The molecule has 3 rings (SSSR count). The number of hydrogen-bond acceptors (Lipinski definition) is 2. The summed E-state index contributed by atoms with van der Waals surface area (Å²) >= 11 is 0. The van der Waals surface area contributed by atoms with Crippen molar-refractivity contribution in [1.82, 2.24) is 0 Å². The lowest BCUT2D eigenvalue weighted by Crippen LogP contribution is -2.28. The van der Waals surface area contributed by atoms with Gasteiger partial charge in [-0.25, -0.2) is 4.39 Å². The molecule has 0 saturated carbocycles. The minimum Gasteiger partial charge on any atom is -0.489 e. The summed E-state index contributed by atoms with van der Waals surface area (Å²) in [4.78, 5) is 0. The van der Waals surface area contributed by atoms with Gasteiger partial charge in [-0.2, -0.15) is 0 Å². The molecular formula is C15H14FNO. The number of hydrogen-bond donors (Lipinski definition) is 1. The van der Waals surface area contributed by atoms with Crippen LogP contribution in [-0.4, -0.2) is 12.6 Å². The molecule has 0 radical (unpaired) electrons. The summed E-state index contributed by atoms with van der Waals surface area (Å²) in [5.74, 6) is 0.635. The van der Waals surface area contributed by atoms with E-state index >= 15 is 0 Å². The summed E-state index contributed by atoms with van der Waals surface area (Å²) < 4.78 is 18.8. The summed E-state index contributed by atoms with van der Waals surface area (Å²) in [6, 6.07) is 12.8. The zero-order chi connectivity index (χ0) is 12.5. The van der Waals surface area contributed by atoms with Crippen molar-refractivity contribution in [3.8, 4) is 16.9 Å². The predicted molar refractivity (Wildman–Crippen MR) is 70.4 cm³/mol. The van der Waals surface area contributed by atoms with Crippen LogP contribution in [-0.2, 0) is 0 Å². The van der Waals surface area contributed by atoms with Crippen LogP contribution in [0.2, 0.25) is 0 Å². The first-order valence-corrected chi connectivity index (χ1v) is 6.02. The van der Waals surface area contributed by atoms with Gasteiger partial charge in [0.2, 0.25) is 0 Å². The van der Waals surface area contributed by atoms with Crippen molar-refractivity contribution in [3.63, 3.8) is 0 Å². The van der Waals surface area contributed by atoms with E-state index in [9.17, 15) is 4.39 Å². The number of halogens is 1. The summed E-state index contributed by atoms with van der Waals surface area (Å²) in [5, 5.41) is 3.37. The van der Waals surface area contributed by atoms with Crippen LogP contribution in [0.4, 0.5) is 10.1 Å². The highest BCUT2D eigenvalue weighted by Crippen LogP contribution is 2.33. The molecule has 18 heavy (non-hydrogen) atoms. The molecule has 0 aromatic heterocycles. The zero-order valence-corrected chi connectivity index (χ0v) is 10.1. The van der Waals surface area contributed by atoms with E-state index in [-0.39, 0.29) is 5.82 Å². The molecule has 2 aromatic rings. The quantitative estimate of drug-likeness (QED) is 0.824. The van der Waals surface area contributed by atoms with Crippen LogP contribution in [0, 0.1) is 5.82 Å². The van der Waals surface area contributed by atoms with Gasteiger partial charge in [-0.1, -0.05) is 18.2 Å². The molecule has 0 saturated heterocycles. The van der Waals surface area contributed by atoms with Gasteiger partial charge in [-0.05, 0) is 42.3 Å². The minimum atomic E-state index is -0.220. The number of benzene rings is 2. The molecule has 92 valence electrons. The molecule has 0 fully saturated rings. The number of fused-ring (bicyclic) bond motifs is 1. The van der Waals surface area contributed by atoms with Crippen LogP contribution >= 0.6 is 0 Å². The Morgan fingerprint density at radius 2 is 2.00 bits per heavy atom. The highest BCUT2D eigenvalue weighted by atomic mass is 19.1. The van der Waals surface area contributed by atoms with Gasteiger partial charge in [0.25, 0.3) is 0 Å². The fourth-order valence-electron chi connectivity index (χ4n) is 2.14. The molecule has 1 aliphatic rings. The fraction of sp³-hybridized carbons (Fsp3) is 0.200. The Balaban J connectivity index is 2.01. The predicted octanol–water partition coefficient (Wildman–Crippen LogP) is 3.69. The number of nitrogens with one attached hydrogen (secondary N) is 1. The molecule has 1 aliphatic heterocycles. The Bertz CT molecular complexity index is 582. The monoisotopic (exact) mass is 243 g/mol. The lowest BCUT2D eigenvalue weighted by atomic mass is 10.0. The molecule has 1 atom stereocenters. The second-order valence-corrected chi connectivity index (χ2v) is 4.58. The smallest absolute Gasteiger partial charge is 0.142 e. The van der Waals surface area contributed by atoms with Gasteiger partial charge in [0.1, 0.15) is 18.2 Å². The molecule has 1 N–H and O–H groups in total. The van der Waals surface area contributed by atoms with Crippen LogP contribution in [0.3, 0.4) is 0 Å². The molecule has 0 bridgehead atoms. The standard InChI is InChI=1S/C15H14FNO/c1-10-9-18-15-6-5-12(8-14(15)17-10)11-3-2-4-13(16)7-11/h2-8,10,17H,9H2,1H3. The van der Waals surface area contributed by atoms with Gasteiger partial charge >= 0.3 is 0 Å². The van der Waals surface area contributed by atoms with Gasteiger partial charge in [0, 0.05) is 0 Å². The third-order valence-electron chi connectivity index (χ3n) is 3.03. The first-order chi connectivity index (χ1) is 8.72. The Labute approximate surface area is 105 Å². The number of rotatable bonds is 1. The van der Waals surface area contributed by atoms with Crippen LogP contribution in [0.15, 0.2) is 42.5 Å². The van der Waals surface area contributed by atoms with E-state index in [4.69, 9.17) is 4.74 Å². The second-order valence-electron chi connectivity index (χ2n) is 4.58. The van der Waals surface area contributed by atoms with Crippen molar-refractivity contribution in [2.24, 2.45) is 0 Å². The fourth-order valence-corrected chi connectivity index (χ4v) is 2.14. The van der Waals surface area contributed by atoms with Gasteiger partial charge in [0.15, 0.2) is 0 Å². The summed E-state index contributed by atoms with van der Waals surface area (Å²) in [6.07, 6.45) is 0. The van der Waals surface area contributed by atoms with Crippen LogP contribution < -0.4 is 10.1 Å². The maximum Gasteiger partial charge on any atom is 0.142 e. The van der Waals surface area contributed by atoms with Crippen molar-refractivity contribution in [2.45, 2.75) is 13.0 Å². The zero-order valence-electron chi connectivity index (χ0n) is 10.1. The average molecular weight is 243 g/mol. The first kappa shape index (κ1) is 11.1. The Morgan fingerprint density at radius 1 is 1.17 bits per heavy atom. The maximum absolute atomic E-state index is 13.2. The largest absolute Gasteiger partial charge is 0.489 e. The topological polar surface area (TPSA) is 21.3 Å². The molecular weight excluding hydrogens is 229 g/mol. The van der Waals surface area contributed by atoms with E-state index in [0.29, 0.717) is 12.6 Å². The molecule has 2 nitrogen and oxygen atoms in total. The minimum absolute atomic E-state index is 0.220. The summed E-state index contributed by atoms with van der Waals surface area (Å²) in [7, 11) is 0. The number of ether oxygens (including phenoxy) is 1. The number of anilines is 1. The van der Waals surface area contributed by atoms with Gasteiger partial charge in [-0.3, -0.25) is 0 Å². The molecule has 1 unspecified atom stereocenters. The van der Waals surface area contributed by atoms with Crippen molar-refractivity contribution < 1.29 is 9.13 Å². The van der Waals surface area contributed by atoms with Gasteiger partial charge < -0.3 is 10.1 Å². The molecule has 2 aromatic carbocycles. The molecule has 0 amide bonds. The SMILES string of the molecule is CC1COc2ccc(-c3cccc(F)c3)cc2N1. The molecule has 0 spiro atoms. The molecule has 3 heteroatoms. The van der Waals surface area contributed by atoms with Gasteiger partial charge in [-0.15, -0.1) is 0 Å². The van der Waals surface area contributed by atoms with Crippen molar-refractivity contribution >= 4 is 5.69 Å². The lowest BCUT2D eigenvalue weighted by Gasteiger charge is -2.25. The third kappa shape index (κ3) is 2.04. The molecule has 1 heterocycles. The first-order valence-electron chi connectivity index (χ1n) is 6.02. The lowest BCUT2D eigenvalue weighted by molar-refractivity contribution is 0.292. The normalized spacial score (nSPS) is 17.6. The van der Waals surface area contributed by atoms with E-state index in [2.05, 4.69) is 12.2 Å². The maximum atomic E-state index is 13.2. The average Bonchev–Trinajstić information content (AvgIpc) is 2.38. The summed E-state index contributed by atoms with van der Waals surface area (Å²) in [6.45, 7) is 2.74.